The molecule has 0 aliphatic carbocycles. The van der Waals surface area contributed by atoms with E-state index in [9.17, 15) is 9.90 Å². The molecule has 26 heavy (non-hydrogen) atoms. The number of phenolic OH excluding ortho intramolecular Hbond substituents is 1. The van der Waals surface area contributed by atoms with Crippen LogP contribution in [0.5, 0.6) is 11.5 Å². The van der Waals surface area contributed by atoms with Crippen molar-refractivity contribution in [2.45, 2.75) is 46.5 Å². The minimum Gasteiger partial charge on any atom is -0.504 e. The summed E-state index contributed by atoms with van der Waals surface area (Å²) in [5, 5.41) is 9.81. The predicted molar refractivity (Wildman–Crippen MR) is 112 cm³/mol. The van der Waals surface area contributed by atoms with Gasteiger partial charge in [-0.2, -0.15) is 0 Å². The summed E-state index contributed by atoms with van der Waals surface area (Å²) in [5.41, 5.74) is 0.810. The molecule has 1 amide bonds. The molecular formula is C20H27NO3S2. The van der Waals surface area contributed by atoms with Gasteiger partial charge in [0.05, 0.1) is 11.5 Å². The van der Waals surface area contributed by atoms with E-state index in [1.54, 1.807) is 23.1 Å². The fourth-order valence-corrected chi connectivity index (χ4v) is 4.15. The van der Waals surface area contributed by atoms with Crippen LogP contribution in [0, 0.1) is 5.92 Å². The molecule has 1 saturated heterocycles. The number of amides is 1. The number of hydrogen-bond acceptors (Lipinski definition) is 5. The van der Waals surface area contributed by atoms with Crippen LogP contribution in [-0.2, 0) is 4.79 Å². The van der Waals surface area contributed by atoms with E-state index in [0.717, 1.165) is 24.8 Å². The summed E-state index contributed by atoms with van der Waals surface area (Å²) in [6, 6.07) is 5.08. The summed E-state index contributed by atoms with van der Waals surface area (Å²) in [6.45, 7) is 7.37. The van der Waals surface area contributed by atoms with Crippen LogP contribution in [-0.4, -0.2) is 33.4 Å². The Balaban J connectivity index is 2.14. The largest absolute Gasteiger partial charge is 0.504 e. The lowest BCUT2D eigenvalue weighted by Crippen LogP contribution is -2.33. The zero-order valence-corrected chi connectivity index (χ0v) is 17.3. The van der Waals surface area contributed by atoms with Crippen molar-refractivity contribution in [3.8, 4) is 11.5 Å². The van der Waals surface area contributed by atoms with Gasteiger partial charge in [0.25, 0.3) is 5.91 Å². The number of thiocarbonyl (C=S) groups is 1. The fraction of sp³-hybridized carbons (Fsp3) is 0.500. The Morgan fingerprint density at radius 2 is 2.12 bits per heavy atom. The zero-order chi connectivity index (χ0) is 19.1. The van der Waals surface area contributed by atoms with Crippen LogP contribution in [0.4, 0.5) is 0 Å². The van der Waals surface area contributed by atoms with Crippen molar-refractivity contribution in [2.75, 3.05) is 13.2 Å². The second kappa shape index (κ2) is 9.97. The number of carbonyl (C=O) groups excluding carboxylic acids is 1. The summed E-state index contributed by atoms with van der Waals surface area (Å²) < 4.78 is 6.03. The molecule has 1 fully saturated rings. The van der Waals surface area contributed by atoms with Gasteiger partial charge < -0.3 is 9.84 Å². The van der Waals surface area contributed by atoms with Crippen LogP contribution < -0.4 is 4.74 Å². The monoisotopic (exact) mass is 393 g/mol. The maximum atomic E-state index is 12.8. The normalized spacial score (nSPS) is 17.2. The van der Waals surface area contributed by atoms with E-state index < -0.39 is 0 Å². The molecule has 1 atom stereocenters. The van der Waals surface area contributed by atoms with Gasteiger partial charge >= 0.3 is 0 Å². The number of unbranched alkanes of at least 4 members (excludes halogenated alkanes) is 1. The summed E-state index contributed by atoms with van der Waals surface area (Å²) in [6.07, 6.45) is 6.33. The number of benzene rings is 1. The summed E-state index contributed by atoms with van der Waals surface area (Å²) in [5.74, 6) is 0.969. The topological polar surface area (TPSA) is 49.8 Å². The number of carbonyl (C=O) groups is 1. The number of thioether (sulfide) groups is 1. The van der Waals surface area contributed by atoms with E-state index in [1.807, 2.05) is 13.0 Å². The van der Waals surface area contributed by atoms with E-state index in [2.05, 4.69) is 13.8 Å². The molecule has 1 heterocycles. The molecule has 4 nitrogen and oxygen atoms in total. The molecule has 0 aromatic heterocycles. The third-order valence-corrected chi connectivity index (χ3v) is 5.82. The molecule has 0 bridgehead atoms. The van der Waals surface area contributed by atoms with Crippen molar-refractivity contribution in [1.82, 2.24) is 4.90 Å². The summed E-state index contributed by atoms with van der Waals surface area (Å²) in [4.78, 5) is 15.1. The summed E-state index contributed by atoms with van der Waals surface area (Å²) >= 11 is 6.78. The van der Waals surface area contributed by atoms with Crippen LogP contribution in [0.15, 0.2) is 23.1 Å². The van der Waals surface area contributed by atoms with Gasteiger partial charge in [0.2, 0.25) is 0 Å². The second-order valence-corrected chi connectivity index (χ2v) is 8.04. The predicted octanol–water partition coefficient (Wildman–Crippen LogP) is 5.21. The van der Waals surface area contributed by atoms with Gasteiger partial charge in [-0.1, -0.05) is 63.2 Å². The molecule has 1 unspecified atom stereocenters. The van der Waals surface area contributed by atoms with Crippen molar-refractivity contribution >= 4 is 40.3 Å². The minimum absolute atomic E-state index is 0.0269. The van der Waals surface area contributed by atoms with Crippen molar-refractivity contribution in [2.24, 2.45) is 5.92 Å². The number of phenols is 1. The Bertz CT molecular complexity index is 688. The van der Waals surface area contributed by atoms with Gasteiger partial charge in [-0.15, -0.1) is 0 Å². The lowest BCUT2D eigenvalue weighted by molar-refractivity contribution is -0.122. The van der Waals surface area contributed by atoms with Crippen LogP contribution in [0.3, 0.4) is 0 Å². The van der Waals surface area contributed by atoms with E-state index in [4.69, 9.17) is 17.0 Å². The number of rotatable bonds is 9. The Hall–Kier alpha value is -1.53. The van der Waals surface area contributed by atoms with E-state index in [1.165, 1.54) is 18.2 Å². The van der Waals surface area contributed by atoms with E-state index in [-0.39, 0.29) is 11.7 Å². The first-order valence-electron chi connectivity index (χ1n) is 9.21. The molecule has 1 aromatic carbocycles. The lowest BCUT2D eigenvalue weighted by atomic mass is 9.99. The zero-order valence-electron chi connectivity index (χ0n) is 15.7. The van der Waals surface area contributed by atoms with Crippen molar-refractivity contribution < 1.29 is 14.6 Å². The number of ether oxygens (including phenoxy) is 1. The third kappa shape index (κ3) is 5.24. The SMILES string of the molecule is CCCCC(CC)CN1C(=O)C(=Cc2ccc(O)c(OCC)c2)SC1=S. The average Bonchev–Trinajstić information content (AvgIpc) is 2.88. The van der Waals surface area contributed by atoms with Gasteiger partial charge in [0, 0.05) is 6.54 Å². The molecule has 1 aliphatic heterocycles. The molecule has 6 heteroatoms. The highest BCUT2D eigenvalue weighted by Crippen LogP contribution is 2.35. The third-order valence-electron chi connectivity index (χ3n) is 4.44. The molecule has 2 rings (SSSR count). The smallest absolute Gasteiger partial charge is 0.266 e. The minimum atomic E-state index is -0.0269. The molecule has 0 radical (unpaired) electrons. The standard InChI is InChI=1S/C20H27NO3S2/c1-4-7-8-14(5-2)13-21-19(23)18(26-20(21)25)12-15-9-10-16(22)17(11-15)24-6-3/h9-12,14,22H,4-8,13H2,1-3H3. The number of hydrogen-bond donors (Lipinski definition) is 1. The first kappa shape index (κ1) is 20.8. The van der Waals surface area contributed by atoms with E-state index in [0.29, 0.717) is 34.0 Å². The van der Waals surface area contributed by atoms with Gasteiger partial charge in [-0.25, -0.2) is 0 Å². The highest BCUT2D eigenvalue weighted by Gasteiger charge is 2.33. The lowest BCUT2D eigenvalue weighted by Gasteiger charge is -2.21. The molecule has 1 N–H and O–H groups in total. The molecule has 1 aliphatic rings. The maximum Gasteiger partial charge on any atom is 0.266 e. The molecular weight excluding hydrogens is 366 g/mol. The first-order valence-corrected chi connectivity index (χ1v) is 10.4. The van der Waals surface area contributed by atoms with Crippen LogP contribution in [0.1, 0.15) is 52.0 Å². The van der Waals surface area contributed by atoms with Gasteiger partial charge in [0.15, 0.2) is 11.5 Å². The highest BCUT2D eigenvalue weighted by atomic mass is 32.2. The van der Waals surface area contributed by atoms with Gasteiger partial charge in [-0.3, -0.25) is 9.69 Å². The molecule has 0 spiro atoms. The van der Waals surface area contributed by atoms with Crippen LogP contribution in [0.25, 0.3) is 6.08 Å². The molecule has 0 saturated carbocycles. The second-order valence-electron chi connectivity index (χ2n) is 6.37. The van der Waals surface area contributed by atoms with Gasteiger partial charge in [0.1, 0.15) is 4.32 Å². The summed E-state index contributed by atoms with van der Waals surface area (Å²) in [7, 11) is 0. The fourth-order valence-electron chi connectivity index (χ4n) is 2.88. The number of aromatic hydroxyl groups is 1. The Morgan fingerprint density at radius 1 is 1.35 bits per heavy atom. The Kier molecular flexibility index (Phi) is 7.97. The van der Waals surface area contributed by atoms with Crippen molar-refractivity contribution in [3.05, 3.63) is 28.7 Å². The molecule has 142 valence electrons. The first-order chi connectivity index (χ1) is 12.5. The van der Waals surface area contributed by atoms with Crippen LogP contribution in [0.2, 0.25) is 0 Å². The quantitative estimate of drug-likeness (QED) is 0.461. The van der Waals surface area contributed by atoms with E-state index >= 15 is 0 Å². The van der Waals surface area contributed by atoms with Crippen molar-refractivity contribution in [1.29, 1.82) is 0 Å². The number of nitrogens with zero attached hydrogens (tertiary/aromatic N) is 1. The van der Waals surface area contributed by atoms with Crippen molar-refractivity contribution in [3.63, 3.8) is 0 Å². The highest BCUT2D eigenvalue weighted by molar-refractivity contribution is 8.26. The Labute approximate surface area is 165 Å². The maximum absolute atomic E-state index is 12.8. The average molecular weight is 394 g/mol. The van der Waals surface area contributed by atoms with Gasteiger partial charge in [-0.05, 0) is 43.0 Å². The molecule has 1 aromatic rings. The Morgan fingerprint density at radius 3 is 2.77 bits per heavy atom. The van der Waals surface area contributed by atoms with Crippen LogP contribution >= 0.6 is 24.0 Å².